The standard InChI is InChI=1S/C12H22N4O2/c1-4-12(7-17,8-18)16-11-6-10(13-5-2)14-9(3)15-11/h6,17-18H,4-5,7-8H2,1-3H3,(H2,13,14,15,16). The van der Waals surface area contributed by atoms with Crippen LogP contribution < -0.4 is 10.6 Å². The molecule has 0 saturated heterocycles. The largest absolute Gasteiger partial charge is 0.394 e. The highest BCUT2D eigenvalue weighted by Crippen LogP contribution is 2.19. The van der Waals surface area contributed by atoms with Gasteiger partial charge in [0.2, 0.25) is 0 Å². The van der Waals surface area contributed by atoms with E-state index < -0.39 is 5.54 Å². The van der Waals surface area contributed by atoms with Crippen LogP contribution in [-0.4, -0.2) is 45.5 Å². The zero-order chi connectivity index (χ0) is 13.6. The van der Waals surface area contributed by atoms with Crippen LogP contribution in [0.2, 0.25) is 0 Å². The van der Waals surface area contributed by atoms with Crippen molar-refractivity contribution in [3.63, 3.8) is 0 Å². The molecule has 0 atom stereocenters. The maximum atomic E-state index is 9.40. The highest BCUT2D eigenvalue weighted by atomic mass is 16.3. The van der Waals surface area contributed by atoms with E-state index in [0.717, 1.165) is 12.4 Å². The molecule has 1 aromatic rings. The molecule has 0 unspecified atom stereocenters. The first kappa shape index (κ1) is 14.7. The first-order chi connectivity index (χ1) is 8.59. The Kier molecular flexibility index (Phi) is 5.30. The van der Waals surface area contributed by atoms with Crippen LogP contribution in [0.5, 0.6) is 0 Å². The maximum absolute atomic E-state index is 9.40. The molecule has 1 heterocycles. The molecule has 0 aliphatic heterocycles. The highest BCUT2D eigenvalue weighted by Gasteiger charge is 2.26. The Hall–Kier alpha value is -1.40. The topological polar surface area (TPSA) is 90.3 Å². The molecule has 0 radical (unpaired) electrons. The Labute approximate surface area is 107 Å². The molecule has 0 amide bonds. The molecule has 102 valence electrons. The fraction of sp³-hybridized carbons (Fsp3) is 0.667. The molecule has 0 bridgehead atoms. The van der Waals surface area contributed by atoms with Crippen molar-refractivity contribution in [2.75, 3.05) is 30.4 Å². The lowest BCUT2D eigenvalue weighted by Gasteiger charge is -2.30. The summed E-state index contributed by atoms with van der Waals surface area (Å²) in [7, 11) is 0. The number of rotatable bonds is 7. The summed E-state index contributed by atoms with van der Waals surface area (Å²) in [4.78, 5) is 8.50. The zero-order valence-electron chi connectivity index (χ0n) is 11.2. The van der Waals surface area contributed by atoms with Crippen LogP contribution in [0.4, 0.5) is 11.6 Å². The van der Waals surface area contributed by atoms with Gasteiger partial charge in [-0.3, -0.25) is 0 Å². The molecule has 0 aromatic carbocycles. The van der Waals surface area contributed by atoms with Crippen LogP contribution in [0.25, 0.3) is 0 Å². The normalized spacial score (nSPS) is 11.4. The monoisotopic (exact) mass is 254 g/mol. The van der Waals surface area contributed by atoms with Crippen molar-refractivity contribution in [3.05, 3.63) is 11.9 Å². The van der Waals surface area contributed by atoms with Gasteiger partial charge >= 0.3 is 0 Å². The van der Waals surface area contributed by atoms with E-state index >= 15 is 0 Å². The molecule has 18 heavy (non-hydrogen) atoms. The summed E-state index contributed by atoms with van der Waals surface area (Å²) in [6.45, 7) is 6.16. The molecular formula is C12H22N4O2. The van der Waals surface area contributed by atoms with Crippen molar-refractivity contribution in [2.24, 2.45) is 0 Å². The van der Waals surface area contributed by atoms with Crippen LogP contribution in [0, 0.1) is 6.92 Å². The zero-order valence-corrected chi connectivity index (χ0v) is 11.2. The predicted octanol–water partition coefficient (Wildman–Crippen LogP) is 0.762. The number of hydrogen-bond donors (Lipinski definition) is 4. The summed E-state index contributed by atoms with van der Waals surface area (Å²) in [5.41, 5.74) is -0.746. The Morgan fingerprint density at radius 2 is 1.78 bits per heavy atom. The number of anilines is 2. The van der Waals surface area contributed by atoms with Crippen LogP contribution in [-0.2, 0) is 0 Å². The average molecular weight is 254 g/mol. The van der Waals surface area contributed by atoms with Crippen LogP contribution in [0.3, 0.4) is 0 Å². The number of aliphatic hydroxyl groups is 2. The third kappa shape index (κ3) is 3.54. The number of aromatic nitrogens is 2. The van der Waals surface area contributed by atoms with Crippen LogP contribution in [0.15, 0.2) is 6.07 Å². The van der Waals surface area contributed by atoms with Crippen LogP contribution in [0.1, 0.15) is 26.1 Å². The number of nitrogens with one attached hydrogen (secondary N) is 2. The number of aliphatic hydroxyl groups excluding tert-OH is 2. The second-order valence-corrected chi connectivity index (χ2v) is 4.29. The van der Waals surface area contributed by atoms with Gasteiger partial charge in [-0.05, 0) is 20.3 Å². The van der Waals surface area contributed by atoms with E-state index in [9.17, 15) is 10.2 Å². The van der Waals surface area contributed by atoms with Gasteiger partial charge in [0, 0.05) is 12.6 Å². The van der Waals surface area contributed by atoms with Gasteiger partial charge in [0.05, 0.1) is 18.8 Å². The van der Waals surface area contributed by atoms with Gasteiger partial charge in [-0.1, -0.05) is 6.92 Å². The maximum Gasteiger partial charge on any atom is 0.132 e. The third-order valence-electron chi connectivity index (χ3n) is 2.87. The van der Waals surface area contributed by atoms with Gasteiger partial charge in [-0.15, -0.1) is 0 Å². The van der Waals surface area contributed by atoms with Gasteiger partial charge in [-0.2, -0.15) is 0 Å². The number of nitrogens with zero attached hydrogens (tertiary/aromatic N) is 2. The summed E-state index contributed by atoms with van der Waals surface area (Å²) in [5, 5.41) is 25.0. The summed E-state index contributed by atoms with van der Waals surface area (Å²) < 4.78 is 0. The fourth-order valence-electron chi connectivity index (χ4n) is 1.62. The molecule has 0 saturated carbocycles. The minimum Gasteiger partial charge on any atom is -0.394 e. The van der Waals surface area contributed by atoms with E-state index in [1.165, 1.54) is 0 Å². The molecule has 0 aliphatic rings. The van der Waals surface area contributed by atoms with E-state index in [0.29, 0.717) is 18.1 Å². The van der Waals surface area contributed by atoms with Gasteiger partial charge in [0.1, 0.15) is 17.5 Å². The summed E-state index contributed by atoms with van der Waals surface area (Å²) >= 11 is 0. The van der Waals surface area contributed by atoms with Gasteiger partial charge in [-0.25, -0.2) is 9.97 Å². The lowest BCUT2D eigenvalue weighted by molar-refractivity contribution is 0.132. The quantitative estimate of drug-likeness (QED) is 0.574. The SMILES string of the molecule is CCNc1cc(NC(CC)(CO)CO)nc(C)n1. The molecule has 0 fully saturated rings. The van der Waals surface area contributed by atoms with Crippen molar-refractivity contribution >= 4 is 11.6 Å². The van der Waals surface area contributed by atoms with Crippen LogP contribution >= 0.6 is 0 Å². The highest BCUT2D eigenvalue weighted by molar-refractivity contribution is 5.49. The van der Waals surface area contributed by atoms with E-state index in [-0.39, 0.29) is 13.2 Å². The first-order valence-electron chi connectivity index (χ1n) is 6.18. The van der Waals surface area contributed by atoms with Crippen molar-refractivity contribution in [2.45, 2.75) is 32.7 Å². The molecular weight excluding hydrogens is 232 g/mol. The molecule has 6 nitrogen and oxygen atoms in total. The van der Waals surface area contributed by atoms with Gasteiger partial charge in [0.15, 0.2) is 0 Å². The lowest BCUT2D eigenvalue weighted by atomic mass is 9.98. The molecule has 1 aromatic heterocycles. The molecule has 6 heteroatoms. The second-order valence-electron chi connectivity index (χ2n) is 4.29. The van der Waals surface area contributed by atoms with Crippen molar-refractivity contribution in [1.82, 2.24) is 9.97 Å². The molecule has 4 N–H and O–H groups in total. The molecule has 0 spiro atoms. The predicted molar refractivity (Wildman–Crippen MR) is 71.7 cm³/mol. The summed E-state index contributed by atoms with van der Waals surface area (Å²) in [5.74, 6) is 1.97. The average Bonchev–Trinajstić information content (AvgIpc) is 2.36. The Bertz CT molecular complexity index is 372. The van der Waals surface area contributed by atoms with E-state index in [2.05, 4.69) is 20.6 Å². The third-order valence-corrected chi connectivity index (χ3v) is 2.87. The first-order valence-corrected chi connectivity index (χ1v) is 6.18. The Morgan fingerprint density at radius 3 is 2.28 bits per heavy atom. The minimum absolute atomic E-state index is 0.153. The van der Waals surface area contributed by atoms with Gasteiger partial charge in [0.25, 0.3) is 0 Å². The van der Waals surface area contributed by atoms with Gasteiger partial charge < -0.3 is 20.8 Å². The van der Waals surface area contributed by atoms with E-state index in [1.54, 1.807) is 13.0 Å². The molecule has 0 aliphatic carbocycles. The van der Waals surface area contributed by atoms with Crippen molar-refractivity contribution in [1.29, 1.82) is 0 Å². The lowest BCUT2D eigenvalue weighted by Crippen LogP contribution is -2.45. The minimum atomic E-state index is -0.746. The summed E-state index contributed by atoms with van der Waals surface area (Å²) in [6.07, 6.45) is 0.597. The van der Waals surface area contributed by atoms with Crippen molar-refractivity contribution in [3.8, 4) is 0 Å². The Balaban J connectivity index is 2.95. The smallest absolute Gasteiger partial charge is 0.132 e. The Morgan fingerprint density at radius 1 is 1.17 bits per heavy atom. The number of aryl methyl sites for hydroxylation is 1. The summed E-state index contributed by atoms with van der Waals surface area (Å²) in [6, 6.07) is 1.77. The fourth-order valence-corrected chi connectivity index (χ4v) is 1.62. The number of hydrogen-bond acceptors (Lipinski definition) is 6. The van der Waals surface area contributed by atoms with E-state index in [1.807, 2.05) is 13.8 Å². The van der Waals surface area contributed by atoms with Crippen molar-refractivity contribution < 1.29 is 10.2 Å². The van der Waals surface area contributed by atoms with E-state index in [4.69, 9.17) is 0 Å². The second kappa shape index (κ2) is 6.51. The molecule has 1 rings (SSSR count).